The summed E-state index contributed by atoms with van der Waals surface area (Å²) in [6.07, 6.45) is 1.88. The molecule has 0 aromatic heterocycles. The van der Waals surface area contributed by atoms with E-state index in [1.54, 1.807) is 7.11 Å². The topological polar surface area (TPSA) is 60.0 Å². The molecule has 5 heteroatoms. The molecule has 2 N–H and O–H groups in total. The predicted octanol–water partition coefficient (Wildman–Crippen LogP) is 1.26. The number of hydrogen-bond acceptors (Lipinski definition) is 5. The van der Waals surface area contributed by atoms with Gasteiger partial charge in [0, 0.05) is 19.7 Å². The average Bonchev–Trinajstić information content (AvgIpc) is 2.45. The minimum Gasteiger partial charge on any atom is -0.486 e. The van der Waals surface area contributed by atoms with Crippen molar-refractivity contribution in [2.24, 2.45) is 0 Å². The third-order valence-corrected chi connectivity index (χ3v) is 3.98. The van der Waals surface area contributed by atoms with Gasteiger partial charge in [0.05, 0.1) is 12.2 Å². The van der Waals surface area contributed by atoms with Crippen molar-refractivity contribution in [2.75, 3.05) is 26.9 Å². The molecule has 2 aliphatic rings. The van der Waals surface area contributed by atoms with Gasteiger partial charge in [0.15, 0.2) is 11.5 Å². The van der Waals surface area contributed by atoms with Crippen LogP contribution in [-0.2, 0) is 4.74 Å². The van der Waals surface area contributed by atoms with E-state index < -0.39 is 6.10 Å². The van der Waals surface area contributed by atoms with Crippen LogP contribution in [-0.4, -0.2) is 44.1 Å². The summed E-state index contributed by atoms with van der Waals surface area (Å²) in [6.45, 7) is 1.69. The van der Waals surface area contributed by atoms with Gasteiger partial charge in [-0.2, -0.15) is 0 Å². The molecule has 0 saturated heterocycles. The highest BCUT2D eigenvalue weighted by Crippen LogP contribution is 2.32. The van der Waals surface area contributed by atoms with Gasteiger partial charge >= 0.3 is 0 Å². The number of hydrogen-bond donors (Lipinski definition) is 2. The molecular weight excluding hydrogens is 258 g/mol. The minimum absolute atomic E-state index is 0.374. The SMILES string of the molecule is COC1CC(NCC(O)c2ccc3c(c2)OCCO3)C1. The van der Waals surface area contributed by atoms with Crippen LogP contribution in [0.2, 0.25) is 0 Å². The van der Waals surface area contributed by atoms with E-state index in [1.807, 2.05) is 18.2 Å². The number of benzene rings is 1. The number of nitrogens with one attached hydrogen (secondary N) is 1. The lowest BCUT2D eigenvalue weighted by molar-refractivity contribution is 0.0137. The Kier molecular flexibility index (Phi) is 4.10. The van der Waals surface area contributed by atoms with Crippen LogP contribution in [0.4, 0.5) is 0 Å². The van der Waals surface area contributed by atoms with Gasteiger partial charge in [0.25, 0.3) is 0 Å². The zero-order valence-electron chi connectivity index (χ0n) is 11.7. The van der Waals surface area contributed by atoms with Crippen molar-refractivity contribution in [1.82, 2.24) is 5.32 Å². The fourth-order valence-corrected chi connectivity index (χ4v) is 2.59. The van der Waals surface area contributed by atoms with E-state index in [-0.39, 0.29) is 0 Å². The lowest BCUT2D eigenvalue weighted by atomic mass is 9.89. The molecule has 20 heavy (non-hydrogen) atoms. The van der Waals surface area contributed by atoms with Gasteiger partial charge < -0.3 is 24.6 Å². The van der Waals surface area contributed by atoms with E-state index in [2.05, 4.69) is 5.32 Å². The first-order chi connectivity index (χ1) is 9.76. The predicted molar refractivity (Wildman–Crippen MR) is 74.2 cm³/mol. The fourth-order valence-electron chi connectivity index (χ4n) is 2.59. The number of ether oxygens (including phenoxy) is 3. The normalized spacial score (nSPS) is 25.9. The van der Waals surface area contributed by atoms with E-state index >= 15 is 0 Å². The van der Waals surface area contributed by atoms with Gasteiger partial charge in [-0.05, 0) is 30.5 Å². The Labute approximate surface area is 118 Å². The second-order valence-corrected chi connectivity index (χ2v) is 5.35. The van der Waals surface area contributed by atoms with Crippen molar-refractivity contribution in [2.45, 2.75) is 31.1 Å². The van der Waals surface area contributed by atoms with Crippen molar-refractivity contribution in [3.8, 4) is 11.5 Å². The highest BCUT2D eigenvalue weighted by atomic mass is 16.6. The van der Waals surface area contributed by atoms with Crippen molar-refractivity contribution in [3.05, 3.63) is 23.8 Å². The number of aliphatic hydroxyl groups is 1. The maximum absolute atomic E-state index is 10.2. The van der Waals surface area contributed by atoms with E-state index in [1.165, 1.54) is 0 Å². The summed E-state index contributed by atoms with van der Waals surface area (Å²) in [4.78, 5) is 0. The number of aliphatic hydroxyl groups excluding tert-OH is 1. The van der Waals surface area contributed by atoms with Crippen molar-refractivity contribution >= 4 is 0 Å². The van der Waals surface area contributed by atoms with Crippen LogP contribution in [0.25, 0.3) is 0 Å². The zero-order chi connectivity index (χ0) is 13.9. The molecule has 0 spiro atoms. The standard InChI is InChI=1S/C15H21NO4/c1-18-12-7-11(8-12)16-9-13(17)10-2-3-14-15(6-10)20-5-4-19-14/h2-3,6,11-13,16-17H,4-5,7-9H2,1H3. The van der Waals surface area contributed by atoms with Gasteiger partial charge in [-0.15, -0.1) is 0 Å². The first-order valence-electron chi connectivity index (χ1n) is 7.10. The quantitative estimate of drug-likeness (QED) is 0.849. The van der Waals surface area contributed by atoms with Crippen LogP contribution in [0.3, 0.4) is 0 Å². The Morgan fingerprint density at radius 1 is 1.30 bits per heavy atom. The molecule has 1 saturated carbocycles. The second-order valence-electron chi connectivity index (χ2n) is 5.35. The molecule has 110 valence electrons. The molecule has 1 aromatic carbocycles. The summed E-state index contributed by atoms with van der Waals surface area (Å²) in [5.41, 5.74) is 0.851. The van der Waals surface area contributed by atoms with Gasteiger partial charge in [-0.25, -0.2) is 0 Å². The molecule has 5 nitrogen and oxygen atoms in total. The number of fused-ring (bicyclic) bond motifs is 1. The van der Waals surface area contributed by atoms with Crippen LogP contribution < -0.4 is 14.8 Å². The Hall–Kier alpha value is -1.30. The Balaban J connectivity index is 1.53. The minimum atomic E-state index is -0.535. The summed E-state index contributed by atoms with van der Waals surface area (Å²) in [5.74, 6) is 1.47. The average molecular weight is 279 g/mol. The van der Waals surface area contributed by atoms with Crippen molar-refractivity contribution in [3.63, 3.8) is 0 Å². The molecule has 0 amide bonds. The lowest BCUT2D eigenvalue weighted by Gasteiger charge is -2.35. The molecular formula is C15H21NO4. The van der Waals surface area contributed by atoms with Crippen LogP contribution in [0.5, 0.6) is 11.5 Å². The van der Waals surface area contributed by atoms with Crippen LogP contribution in [0, 0.1) is 0 Å². The molecule has 3 rings (SSSR count). The highest BCUT2D eigenvalue weighted by Gasteiger charge is 2.29. The Morgan fingerprint density at radius 3 is 2.80 bits per heavy atom. The molecule has 1 fully saturated rings. The monoisotopic (exact) mass is 279 g/mol. The molecule has 1 aromatic rings. The van der Waals surface area contributed by atoms with Crippen LogP contribution >= 0.6 is 0 Å². The zero-order valence-corrected chi connectivity index (χ0v) is 11.7. The first-order valence-corrected chi connectivity index (χ1v) is 7.10. The van der Waals surface area contributed by atoms with Crippen molar-refractivity contribution in [1.29, 1.82) is 0 Å². The molecule has 1 atom stereocenters. The fraction of sp³-hybridized carbons (Fsp3) is 0.600. The van der Waals surface area contributed by atoms with Gasteiger partial charge in [-0.1, -0.05) is 6.07 Å². The van der Waals surface area contributed by atoms with Crippen LogP contribution in [0.15, 0.2) is 18.2 Å². The summed E-state index contributed by atoms with van der Waals surface area (Å²) < 4.78 is 16.2. The Bertz CT molecular complexity index is 459. The summed E-state index contributed by atoms with van der Waals surface area (Å²) in [5, 5.41) is 13.6. The maximum Gasteiger partial charge on any atom is 0.161 e. The summed E-state index contributed by atoms with van der Waals surface area (Å²) in [6, 6.07) is 6.06. The smallest absolute Gasteiger partial charge is 0.161 e. The van der Waals surface area contributed by atoms with Gasteiger partial charge in [0.2, 0.25) is 0 Å². The largest absolute Gasteiger partial charge is 0.486 e. The van der Waals surface area contributed by atoms with Gasteiger partial charge in [-0.3, -0.25) is 0 Å². The molecule has 1 aliphatic heterocycles. The van der Waals surface area contributed by atoms with Crippen molar-refractivity contribution < 1.29 is 19.3 Å². The second kappa shape index (κ2) is 5.99. The molecule has 0 radical (unpaired) electrons. The third kappa shape index (κ3) is 2.90. The summed E-state index contributed by atoms with van der Waals surface area (Å²) in [7, 11) is 1.74. The molecule has 1 unspecified atom stereocenters. The third-order valence-electron chi connectivity index (χ3n) is 3.98. The van der Waals surface area contributed by atoms with E-state index in [0.717, 1.165) is 29.9 Å². The molecule has 1 heterocycles. The van der Waals surface area contributed by atoms with E-state index in [0.29, 0.717) is 31.9 Å². The molecule has 1 aliphatic carbocycles. The highest BCUT2D eigenvalue weighted by molar-refractivity contribution is 5.44. The van der Waals surface area contributed by atoms with E-state index in [4.69, 9.17) is 14.2 Å². The Morgan fingerprint density at radius 2 is 2.05 bits per heavy atom. The number of rotatable bonds is 5. The molecule has 0 bridgehead atoms. The van der Waals surface area contributed by atoms with Crippen LogP contribution in [0.1, 0.15) is 24.5 Å². The van der Waals surface area contributed by atoms with Gasteiger partial charge in [0.1, 0.15) is 13.2 Å². The van der Waals surface area contributed by atoms with E-state index in [9.17, 15) is 5.11 Å². The maximum atomic E-state index is 10.2. The first kappa shape index (κ1) is 13.7. The number of methoxy groups -OCH3 is 1. The lowest BCUT2D eigenvalue weighted by Crippen LogP contribution is -2.46. The summed E-state index contributed by atoms with van der Waals surface area (Å²) >= 11 is 0.